The van der Waals surface area contributed by atoms with E-state index in [1.807, 2.05) is 26.8 Å². The van der Waals surface area contributed by atoms with Crippen LogP contribution in [0.4, 0.5) is 0 Å². The smallest absolute Gasteiger partial charge is 0.00234 e. The summed E-state index contributed by atoms with van der Waals surface area (Å²) in [5.41, 5.74) is 1.14. The normalized spacial score (nSPS) is 9.86. The van der Waals surface area contributed by atoms with Crippen molar-refractivity contribution in [2.45, 2.75) is 20.8 Å². The molecule has 0 atom stereocenters. The first-order valence-electron chi connectivity index (χ1n) is 2.37. The lowest BCUT2D eigenvalue weighted by Gasteiger charge is -1.76. The maximum atomic E-state index is 2.91. The number of rotatable bonds is 0. The zero-order valence-corrected chi connectivity index (χ0v) is 5.08. The van der Waals surface area contributed by atoms with Crippen LogP contribution in [0.15, 0.2) is 11.6 Å². The summed E-state index contributed by atoms with van der Waals surface area (Å²) >= 11 is 0. The van der Waals surface area contributed by atoms with Crippen molar-refractivity contribution in [1.82, 2.24) is 0 Å². The minimum Gasteiger partial charge on any atom is -0.102 e. The van der Waals surface area contributed by atoms with Crippen LogP contribution >= 0.6 is 0 Å². The topological polar surface area (TPSA) is 0 Å². The van der Waals surface area contributed by atoms with Crippen molar-refractivity contribution >= 4 is 0 Å². The molecule has 0 aromatic heterocycles. The zero-order chi connectivity index (χ0) is 5.70. The summed E-state index contributed by atoms with van der Waals surface area (Å²) in [6.45, 7) is 5.82. The van der Waals surface area contributed by atoms with Gasteiger partial charge in [-0.2, -0.15) is 0 Å². The molecule has 38 valence electrons. The molecule has 0 aliphatic rings. The van der Waals surface area contributed by atoms with Gasteiger partial charge in [0.25, 0.3) is 0 Å². The highest BCUT2D eigenvalue weighted by Gasteiger charge is 1.68. The van der Waals surface area contributed by atoms with Crippen LogP contribution in [0, 0.1) is 11.8 Å². The average Bonchev–Trinajstić information content (AvgIpc) is 1.68. The van der Waals surface area contributed by atoms with Gasteiger partial charge >= 0.3 is 0 Å². The highest BCUT2D eigenvalue weighted by atomic mass is 13.7. The molecule has 0 aliphatic heterocycles. The van der Waals surface area contributed by atoms with Crippen LogP contribution in [-0.2, 0) is 0 Å². The summed E-state index contributed by atoms with van der Waals surface area (Å²) in [6.07, 6.45) is 2.00. The SMILES string of the molecule is CC#CC(C)=CC. The van der Waals surface area contributed by atoms with Crippen molar-refractivity contribution in [2.75, 3.05) is 0 Å². The summed E-state index contributed by atoms with van der Waals surface area (Å²) in [5, 5.41) is 0. The van der Waals surface area contributed by atoms with E-state index in [0.717, 1.165) is 5.57 Å². The summed E-state index contributed by atoms with van der Waals surface area (Å²) < 4.78 is 0. The summed E-state index contributed by atoms with van der Waals surface area (Å²) in [7, 11) is 0. The van der Waals surface area contributed by atoms with E-state index in [1.54, 1.807) is 0 Å². The minimum atomic E-state index is 1.14. The fourth-order valence-electron chi connectivity index (χ4n) is 0.269. The molecule has 0 bridgehead atoms. The van der Waals surface area contributed by atoms with Gasteiger partial charge in [0.15, 0.2) is 0 Å². The van der Waals surface area contributed by atoms with E-state index in [9.17, 15) is 0 Å². The number of hydrogen-bond donors (Lipinski definition) is 0. The Kier molecular flexibility index (Phi) is 3.14. The van der Waals surface area contributed by atoms with Crippen molar-refractivity contribution in [1.29, 1.82) is 0 Å². The Labute approximate surface area is 45.2 Å². The molecule has 0 heterocycles. The molecule has 0 heteroatoms. The van der Waals surface area contributed by atoms with Crippen LogP contribution in [0.5, 0.6) is 0 Å². The molecule has 0 aromatic rings. The fraction of sp³-hybridized carbons (Fsp3) is 0.429. The number of allylic oxidation sites excluding steroid dienone is 2. The predicted octanol–water partition coefficient (Wildman–Crippen LogP) is 1.98. The lowest BCUT2D eigenvalue weighted by molar-refractivity contribution is 1.52. The zero-order valence-electron chi connectivity index (χ0n) is 5.08. The average molecular weight is 94.2 g/mol. The quantitative estimate of drug-likeness (QED) is 0.402. The third-order valence-electron chi connectivity index (χ3n) is 0.755. The molecular weight excluding hydrogens is 84.1 g/mol. The molecule has 0 unspecified atom stereocenters. The standard InChI is InChI=1S/C7H10/c1-4-6-7(3)5-2/h5H,1-3H3. The molecule has 0 saturated carbocycles. The van der Waals surface area contributed by atoms with E-state index in [-0.39, 0.29) is 0 Å². The Hall–Kier alpha value is -0.700. The monoisotopic (exact) mass is 94.1 g/mol. The van der Waals surface area contributed by atoms with Crippen molar-refractivity contribution in [2.24, 2.45) is 0 Å². The lowest BCUT2D eigenvalue weighted by Crippen LogP contribution is -1.61. The largest absolute Gasteiger partial charge is 0.102 e. The summed E-state index contributed by atoms with van der Waals surface area (Å²) in [5.74, 6) is 5.71. The Morgan fingerprint density at radius 3 is 2.29 bits per heavy atom. The van der Waals surface area contributed by atoms with E-state index >= 15 is 0 Å². The molecule has 0 rings (SSSR count). The molecule has 0 nitrogen and oxygen atoms in total. The lowest BCUT2D eigenvalue weighted by atomic mass is 10.3. The molecule has 7 heavy (non-hydrogen) atoms. The number of hydrogen-bond acceptors (Lipinski definition) is 0. The van der Waals surface area contributed by atoms with E-state index in [1.165, 1.54) is 0 Å². The highest BCUT2D eigenvalue weighted by molar-refractivity contribution is 5.24. The Morgan fingerprint density at radius 1 is 1.57 bits per heavy atom. The van der Waals surface area contributed by atoms with Gasteiger partial charge in [0.05, 0.1) is 0 Å². The van der Waals surface area contributed by atoms with Crippen LogP contribution < -0.4 is 0 Å². The maximum absolute atomic E-state index is 2.91. The third-order valence-corrected chi connectivity index (χ3v) is 0.755. The van der Waals surface area contributed by atoms with Gasteiger partial charge in [-0.25, -0.2) is 0 Å². The molecule has 0 saturated heterocycles. The van der Waals surface area contributed by atoms with Gasteiger partial charge in [-0.15, -0.1) is 5.92 Å². The summed E-state index contributed by atoms with van der Waals surface area (Å²) in [6, 6.07) is 0. The second kappa shape index (κ2) is 3.49. The van der Waals surface area contributed by atoms with Gasteiger partial charge in [-0.3, -0.25) is 0 Å². The van der Waals surface area contributed by atoms with Crippen LogP contribution in [0.25, 0.3) is 0 Å². The van der Waals surface area contributed by atoms with Crippen LogP contribution in [0.1, 0.15) is 20.8 Å². The minimum absolute atomic E-state index is 1.14. The Bertz CT molecular complexity index is 119. The van der Waals surface area contributed by atoms with Crippen molar-refractivity contribution < 1.29 is 0 Å². The third kappa shape index (κ3) is 3.12. The molecule has 0 amide bonds. The molecule has 0 fully saturated rings. The van der Waals surface area contributed by atoms with E-state index in [2.05, 4.69) is 11.8 Å². The van der Waals surface area contributed by atoms with E-state index in [4.69, 9.17) is 0 Å². The first kappa shape index (κ1) is 6.30. The molecule has 0 aliphatic carbocycles. The highest BCUT2D eigenvalue weighted by Crippen LogP contribution is 1.84. The maximum Gasteiger partial charge on any atom is -0.00234 e. The van der Waals surface area contributed by atoms with E-state index < -0.39 is 0 Å². The molecule has 0 spiro atoms. The van der Waals surface area contributed by atoms with Crippen LogP contribution in [0.2, 0.25) is 0 Å². The second-order valence-electron chi connectivity index (χ2n) is 1.35. The first-order chi connectivity index (χ1) is 3.31. The summed E-state index contributed by atoms with van der Waals surface area (Å²) in [4.78, 5) is 0. The van der Waals surface area contributed by atoms with E-state index in [0.29, 0.717) is 0 Å². The second-order valence-corrected chi connectivity index (χ2v) is 1.35. The fourth-order valence-corrected chi connectivity index (χ4v) is 0.269. The van der Waals surface area contributed by atoms with Gasteiger partial charge in [-0.1, -0.05) is 12.0 Å². The van der Waals surface area contributed by atoms with Crippen LogP contribution in [-0.4, -0.2) is 0 Å². The Balaban J connectivity index is 3.75. The first-order valence-corrected chi connectivity index (χ1v) is 2.37. The molecule has 0 radical (unpaired) electrons. The van der Waals surface area contributed by atoms with Crippen LogP contribution in [0.3, 0.4) is 0 Å². The van der Waals surface area contributed by atoms with Gasteiger partial charge < -0.3 is 0 Å². The van der Waals surface area contributed by atoms with Crippen molar-refractivity contribution in [3.05, 3.63) is 11.6 Å². The predicted molar refractivity (Wildman–Crippen MR) is 32.9 cm³/mol. The van der Waals surface area contributed by atoms with Gasteiger partial charge in [-0.05, 0) is 26.3 Å². The van der Waals surface area contributed by atoms with Crippen molar-refractivity contribution in [3.63, 3.8) is 0 Å². The molecule has 0 N–H and O–H groups in total. The van der Waals surface area contributed by atoms with Gasteiger partial charge in [0.1, 0.15) is 0 Å². The van der Waals surface area contributed by atoms with Gasteiger partial charge in [0, 0.05) is 0 Å². The van der Waals surface area contributed by atoms with Gasteiger partial charge in [0.2, 0.25) is 0 Å². The Morgan fingerprint density at radius 2 is 2.14 bits per heavy atom. The molecular formula is C7H10. The van der Waals surface area contributed by atoms with Crippen molar-refractivity contribution in [3.8, 4) is 11.8 Å². The molecule has 0 aromatic carbocycles.